The fraction of sp³-hybridized carbons (Fsp3) is 0.520. The number of aromatic nitrogens is 2. The Labute approximate surface area is 455 Å². The Hall–Kier alpha value is -5.34. The minimum absolute atomic E-state index is 0.139. The van der Waals surface area contributed by atoms with Crippen molar-refractivity contribution >= 4 is 27.6 Å². The maximum atomic E-state index is 11.4. The standard InChI is InChI=1S/C28H40O10.C22H30N2O4.2F6P/c1-2-26-4-3-25(1)35-21-17-31-13-9-29-11-15-33-19-23-37-27-5-7-28(8-6-27)38-24-20-34-16-12-30-10-14-32-18-22-36-26;1-3-27-21(25)7-5-13-23-15-9-19(10-16-23)20-11-17-24(18-12-20)14-6-8-22(26)28-4-2;2*1-7(2,3,4,5)6/h1-8H,9-24H2;9-12,15-18H,3-8,13-14H2,1-2H3;;/q;+2;2*-1. The molecule has 0 saturated carbocycles. The summed E-state index contributed by atoms with van der Waals surface area (Å²) < 4.78 is 188. The molecule has 2 aromatic heterocycles. The Balaban J connectivity index is 0.000000452. The molecule has 0 atom stereocenters. The summed E-state index contributed by atoms with van der Waals surface area (Å²) in [7, 11) is -21.3. The van der Waals surface area contributed by atoms with Crippen molar-refractivity contribution in [1.29, 1.82) is 0 Å². The summed E-state index contributed by atoms with van der Waals surface area (Å²) in [6.07, 6.45) is 10.5. The van der Waals surface area contributed by atoms with Crippen molar-refractivity contribution in [3.63, 3.8) is 0 Å². The van der Waals surface area contributed by atoms with E-state index in [2.05, 4.69) is 33.4 Å². The summed E-state index contributed by atoms with van der Waals surface area (Å²) in [6, 6.07) is 23.2. The first kappa shape index (κ1) is 70.8. The number of benzene rings is 2. The number of ether oxygens (including phenoxy) is 12. The molecular formula is C50H70F12N2O14P2. The van der Waals surface area contributed by atoms with E-state index >= 15 is 0 Å². The summed E-state index contributed by atoms with van der Waals surface area (Å²) >= 11 is 0. The second-order valence-corrected chi connectivity index (χ2v) is 20.2. The van der Waals surface area contributed by atoms with Crippen LogP contribution in [-0.2, 0) is 60.6 Å². The molecule has 0 aliphatic carbocycles. The van der Waals surface area contributed by atoms with Gasteiger partial charge in [-0.1, -0.05) is 0 Å². The minimum Gasteiger partial charge on any atom is -0.491 e. The molecule has 0 unspecified atom stereocenters. The van der Waals surface area contributed by atoms with E-state index in [4.69, 9.17) is 56.8 Å². The number of nitrogens with zero attached hydrogens (tertiary/aromatic N) is 2. The Kier molecular flexibility index (Phi) is 30.2. The van der Waals surface area contributed by atoms with E-state index in [1.807, 2.05) is 87.2 Å². The van der Waals surface area contributed by atoms with E-state index in [9.17, 15) is 60.0 Å². The third kappa shape index (κ3) is 47.5. The zero-order valence-electron chi connectivity index (χ0n) is 44.2. The van der Waals surface area contributed by atoms with E-state index in [0.717, 1.165) is 60.1 Å². The zero-order valence-corrected chi connectivity index (χ0v) is 46.0. The van der Waals surface area contributed by atoms with Gasteiger partial charge in [-0.3, -0.25) is 9.59 Å². The number of carbonyl (C=O) groups is 2. The maximum absolute atomic E-state index is 11.4. The molecule has 0 saturated heterocycles. The van der Waals surface area contributed by atoms with Gasteiger partial charge in [0.1, 0.15) is 62.5 Å². The van der Waals surface area contributed by atoms with E-state index in [-0.39, 0.29) is 11.9 Å². The van der Waals surface area contributed by atoms with Crippen LogP contribution in [0.25, 0.3) is 11.1 Å². The third-order valence-electron chi connectivity index (χ3n) is 9.44. The zero-order chi connectivity index (χ0) is 59.4. The van der Waals surface area contributed by atoms with E-state index in [0.29, 0.717) is 132 Å². The average molecular weight is 1210 g/mol. The number of rotatable bonds is 11. The Morgan fingerprint density at radius 2 is 0.575 bits per heavy atom. The van der Waals surface area contributed by atoms with Gasteiger partial charge < -0.3 is 56.8 Å². The topological polar surface area (TPSA) is 153 Å². The van der Waals surface area contributed by atoms with Gasteiger partial charge in [-0.15, -0.1) is 0 Å². The molecule has 0 radical (unpaired) electrons. The molecule has 458 valence electrons. The van der Waals surface area contributed by atoms with Crippen LogP contribution in [0, 0.1) is 0 Å². The summed E-state index contributed by atoms with van der Waals surface area (Å²) in [5.41, 5.74) is 2.28. The van der Waals surface area contributed by atoms with Crippen LogP contribution in [-0.4, -0.2) is 131 Å². The van der Waals surface area contributed by atoms with Crippen LogP contribution in [0.3, 0.4) is 0 Å². The van der Waals surface area contributed by atoms with Gasteiger partial charge in [0.15, 0.2) is 24.8 Å². The van der Waals surface area contributed by atoms with Crippen LogP contribution < -0.4 is 28.1 Å². The molecule has 4 bridgehead atoms. The van der Waals surface area contributed by atoms with Gasteiger partial charge in [0.25, 0.3) is 0 Å². The van der Waals surface area contributed by atoms with Crippen LogP contribution in [0.4, 0.5) is 50.4 Å². The van der Waals surface area contributed by atoms with Crippen molar-refractivity contribution in [2.24, 2.45) is 0 Å². The first-order valence-electron chi connectivity index (χ1n) is 25.0. The number of esters is 2. The number of hydrogen-bond donors (Lipinski definition) is 0. The minimum atomic E-state index is -10.7. The van der Waals surface area contributed by atoms with Gasteiger partial charge in [-0.2, -0.15) is 0 Å². The molecule has 4 aliphatic rings. The summed E-state index contributed by atoms with van der Waals surface area (Å²) in [5, 5.41) is 0. The molecule has 4 aliphatic heterocycles. The van der Waals surface area contributed by atoms with Crippen molar-refractivity contribution in [2.75, 3.05) is 119 Å². The smallest absolute Gasteiger partial charge is 0.119 e. The molecule has 0 N–H and O–H groups in total. The van der Waals surface area contributed by atoms with Crippen LogP contribution in [0.5, 0.6) is 23.0 Å². The monoisotopic (exact) mass is 1210 g/mol. The van der Waals surface area contributed by atoms with Crippen molar-refractivity contribution in [1.82, 2.24) is 0 Å². The molecule has 16 nitrogen and oxygen atoms in total. The van der Waals surface area contributed by atoms with Crippen LogP contribution >= 0.6 is 15.6 Å². The average Bonchev–Trinajstić information content (AvgIpc) is 3.36. The number of aryl methyl sites for hydroxylation is 2. The summed E-state index contributed by atoms with van der Waals surface area (Å²) in [5.74, 6) is 2.77. The predicted molar refractivity (Wildman–Crippen MR) is 271 cm³/mol. The van der Waals surface area contributed by atoms with Crippen LogP contribution in [0.2, 0.25) is 0 Å². The van der Waals surface area contributed by atoms with Crippen LogP contribution in [0.15, 0.2) is 97.6 Å². The number of hydrogen-bond acceptors (Lipinski definition) is 14. The third-order valence-corrected chi connectivity index (χ3v) is 9.44. The molecule has 30 heteroatoms. The summed E-state index contributed by atoms with van der Waals surface area (Å²) in [6.45, 7) is 13.9. The van der Waals surface area contributed by atoms with Crippen molar-refractivity contribution in [3.8, 4) is 34.1 Å². The molecule has 80 heavy (non-hydrogen) atoms. The van der Waals surface area contributed by atoms with Crippen molar-refractivity contribution < 1.29 is 126 Å². The van der Waals surface area contributed by atoms with Gasteiger partial charge >= 0.3 is 77.9 Å². The normalized spacial score (nSPS) is 16.8. The van der Waals surface area contributed by atoms with Gasteiger partial charge in [0.05, 0.1) is 105 Å². The Morgan fingerprint density at radius 3 is 0.775 bits per heavy atom. The molecule has 6 heterocycles. The second-order valence-electron chi connectivity index (χ2n) is 16.4. The van der Waals surface area contributed by atoms with Gasteiger partial charge in [0.2, 0.25) is 0 Å². The molecule has 2 aromatic carbocycles. The molecular weight excluding hydrogens is 1140 g/mol. The van der Waals surface area contributed by atoms with Crippen molar-refractivity contribution in [3.05, 3.63) is 97.6 Å². The molecule has 0 amide bonds. The fourth-order valence-corrected chi connectivity index (χ4v) is 6.10. The number of halogens is 12. The quantitative estimate of drug-likeness (QED) is 0.0606. The summed E-state index contributed by atoms with van der Waals surface area (Å²) in [4.78, 5) is 22.7. The molecule has 0 fully saturated rings. The fourth-order valence-electron chi connectivity index (χ4n) is 6.10. The molecule has 8 rings (SSSR count). The SMILES string of the molecule is CCOC(=O)CCC[n+]1ccc(-c2cc[n+](CCCC(=O)OCC)cc2)cc1.F[P-](F)(F)(F)(F)F.F[P-](F)(F)(F)(F)F.c1cc2ccc1OCCOCCOCCOCCOc1ccc(cc1)OCCOCCOCCOCCO2. The number of pyridine rings is 2. The maximum Gasteiger partial charge on any atom is 0.119 e. The van der Waals surface area contributed by atoms with E-state index in [1.165, 1.54) is 0 Å². The van der Waals surface area contributed by atoms with Crippen molar-refractivity contribution in [2.45, 2.75) is 52.6 Å². The Morgan fingerprint density at radius 1 is 0.375 bits per heavy atom. The van der Waals surface area contributed by atoms with E-state index in [1.54, 1.807) is 0 Å². The first-order chi connectivity index (χ1) is 37.4. The predicted octanol–water partition coefficient (Wildman–Crippen LogP) is 12.4. The largest absolute Gasteiger partial charge is 0.491 e. The second kappa shape index (κ2) is 34.2. The molecule has 0 spiro atoms. The molecule has 4 aromatic rings. The van der Waals surface area contributed by atoms with E-state index < -0.39 is 15.6 Å². The van der Waals surface area contributed by atoms with Gasteiger partial charge in [-0.25, -0.2) is 9.13 Å². The first-order valence-corrected chi connectivity index (χ1v) is 29.1. The van der Waals surface area contributed by atoms with Crippen LogP contribution in [0.1, 0.15) is 39.5 Å². The number of carbonyl (C=O) groups excluding carboxylic acids is 2. The van der Waals surface area contributed by atoms with Gasteiger partial charge in [0, 0.05) is 37.1 Å². The Bertz CT molecular complexity index is 2060. The van der Waals surface area contributed by atoms with Gasteiger partial charge in [-0.05, 0) is 73.5 Å².